The summed E-state index contributed by atoms with van der Waals surface area (Å²) in [7, 11) is -7.17. The Balaban J connectivity index is 2.20. The van der Waals surface area contributed by atoms with E-state index in [1.165, 1.54) is 48.5 Å². The maximum Gasteiger partial charge on any atom is 0.335 e. The van der Waals surface area contributed by atoms with Crippen LogP contribution >= 0.6 is 0 Å². The third-order valence-electron chi connectivity index (χ3n) is 3.55. The molecule has 0 amide bonds. The van der Waals surface area contributed by atoms with Crippen molar-refractivity contribution < 1.29 is 26.7 Å². The molecule has 7 nitrogen and oxygen atoms in total. The van der Waals surface area contributed by atoms with Gasteiger partial charge in [-0.2, -0.15) is 0 Å². The van der Waals surface area contributed by atoms with E-state index in [1.54, 1.807) is 6.92 Å². The maximum absolute atomic E-state index is 12.4. The molecule has 2 rings (SSSR count). The predicted molar refractivity (Wildman–Crippen MR) is 91.7 cm³/mol. The van der Waals surface area contributed by atoms with Crippen molar-refractivity contribution in [2.75, 3.05) is 6.26 Å². The summed E-state index contributed by atoms with van der Waals surface area (Å²) in [5, 5.41) is 8.84. The van der Waals surface area contributed by atoms with Crippen LogP contribution in [-0.4, -0.2) is 34.2 Å². The maximum atomic E-state index is 12.4. The Morgan fingerprint density at radius 2 is 1.40 bits per heavy atom. The molecule has 134 valence electrons. The monoisotopic (exact) mass is 383 g/mol. The molecule has 0 aliphatic carbocycles. The number of sulfone groups is 1. The Morgan fingerprint density at radius 1 is 0.920 bits per heavy atom. The summed E-state index contributed by atoms with van der Waals surface area (Å²) in [6.45, 7) is 1.62. The predicted octanol–water partition coefficient (Wildman–Crippen LogP) is 1.83. The Labute approximate surface area is 146 Å². The number of nitrogens with one attached hydrogen (secondary N) is 1. The molecular formula is C16H17NO6S2. The second kappa shape index (κ2) is 6.95. The van der Waals surface area contributed by atoms with Gasteiger partial charge in [0.05, 0.1) is 15.4 Å². The minimum absolute atomic E-state index is 0.0108. The average Bonchev–Trinajstić information content (AvgIpc) is 2.54. The van der Waals surface area contributed by atoms with Crippen molar-refractivity contribution in [2.45, 2.75) is 22.8 Å². The molecule has 2 aromatic carbocycles. The largest absolute Gasteiger partial charge is 0.478 e. The third kappa shape index (κ3) is 4.65. The van der Waals surface area contributed by atoms with E-state index in [2.05, 4.69) is 4.72 Å². The van der Waals surface area contributed by atoms with Gasteiger partial charge in [-0.15, -0.1) is 0 Å². The molecule has 0 saturated carbocycles. The van der Waals surface area contributed by atoms with E-state index in [0.29, 0.717) is 5.56 Å². The zero-order valence-corrected chi connectivity index (χ0v) is 15.1. The second-order valence-corrected chi connectivity index (χ2v) is 9.24. The van der Waals surface area contributed by atoms with Gasteiger partial charge in [0.1, 0.15) is 0 Å². The highest BCUT2D eigenvalue weighted by Crippen LogP contribution is 2.19. The van der Waals surface area contributed by atoms with E-state index in [0.717, 1.165) is 6.26 Å². The second-order valence-electron chi connectivity index (χ2n) is 5.51. The molecule has 0 heterocycles. The highest BCUT2D eigenvalue weighted by atomic mass is 32.2. The lowest BCUT2D eigenvalue weighted by atomic mass is 10.1. The van der Waals surface area contributed by atoms with Gasteiger partial charge >= 0.3 is 5.97 Å². The molecule has 2 N–H and O–H groups in total. The minimum Gasteiger partial charge on any atom is -0.478 e. The van der Waals surface area contributed by atoms with Gasteiger partial charge in [0.25, 0.3) is 0 Å². The molecule has 2 aromatic rings. The molecule has 0 saturated heterocycles. The zero-order valence-electron chi connectivity index (χ0n) is 13.5. The van der Waals surface area contributed by atoms with Gasteiger partial charge in [0, 0.05) is 12.3 Å². The van der Waals surface area contributed by atoms with Crippen LogP contribution in [0, 0.1) is 0 Å². The first-order chi connectivity index (χ1) is 11.5. The van der Waals surface area contributed by atoms with Crippen molar-refractivity contribution in [3.63, 3.8) is 0 Å². The van der Waals surface area contributed by atoms with E-state index >= 15 is 0 Å². The number of carboxylic acids is 1. The Bertz CT molecular complexity index is 978. The molecule has 0 bridgehead atoms. The van der Waals surface area contributed by atoms with Crippen LogP contribution in [0.15, 0.2) is 58.3 Å². The quantitative estimate of drug-likeness (QED) is 0.786. The van der Waals surface area contributed by atoms with Gasteiger partial charge < -0.3 is 5.11 Å². The number of sulfonamides is 1. The van der Waals surface area contributed by atoms with Gasteiger partial charge in [-0.3, -0.25) is 0 Å². The molecule has 0 radical (unpaired) electrons. The van der Waals surface area contributed by atoms with E-state index in [4.69, 9.17) is 5.11 Å². The van der Waals surface area contributed by atoms with Crippen LogP contribution in [0.3, 0.4) is 0 Å². The first-order valence-electron chi connectivity index (χ1n) is 7.16. The van der Waals surface area contributed by atoms with Crippen molar-refractivity contribution in [2.24, 2.45) is 0 Å². The Kier molecular flexibility index (Phi) is 5.31. The molecule has 1 unspecified atom stereocenters. The zero-order chi connectivity index (χ0) is 18.8. The van der Waals surface area contributed by atoms with Gasteiger partial charge in [-0.1, -0.05) is 12.1 Å². The lowest BCUT2D eigenvalue weighted by Crippen LogP contribution is -2.27. The molecule has 0 fully saturated rings. The molecule has 1 atom stereocenters. The van der Waals surface area contributed by atoms with Crippen molar-refractivity contribution in [3.05, 3.63) is 59.7 Å². The fourth-order valence-electron chi connectivity index (χ4n) is 2.15. The summed E-state index contributed by atoms with van der Waals surface area (Å²) in [5.74, 6) is -1.14. The van der Waals surface area contributed by atoms with Crippen LogP contribution in [0.25, 0.3) is 0 Å². The fourth-order valence-corrected chi connectivity index (χ4v) is 4.01. The van der Waals surface area contributed by atoms with Crippen LogP contribution in [0.5, 0.6) is 0 Å². The summed E-state index contributed by atoms with van der Waals surface area (Å²) in [4.78, 5) is 10.9. The molecule has 9 heteroatoms. The first-order valence-corrected chi connectivity index (χ1v) is 10.5. The number of benzene rings is 2. The molecule has 0 spiro atoms. The summed E-state index contributed by atoms with van der Waals surface area (Å²) < 4.78 is 50.1. The number of aromatic carboxylic acids is 1. The topological polar surface area (TPSA) is 118 Å². The lowest BCUT2D eigenvalue weighted by molar-refractivity contribution is 0.0696. The summed E-state index contributed by atoms with van der Waals surface area (Å²) in [6, 6.07) is 10.2. The number of rotatable bonds is 6. The van der Waals surface area contributed by atoms with Crippen molar-refractivity contribution in [1.29, 1.82) is 0 Å². The molecule has 0 aromatic heterocycles. The first kappa shape index (κ1) is 19.1. The third-order valence-corrected chi connectivity index (χ3v) is 6.24. The number of carbonyl (C=O) groups is 1. The highest BCUT2D eigenvalue weighted by molar-refractivity contribution is 7.90. The SMILES string of the molecule is CC(NS(=O)(=O)c1ccc(C(=O)O)cc1)c1ccc(S(C)(=O)=O)cc1. The highest BCUT2D eigenvalue weighted by Gasteiger charge is 2.19. The lowest BCUT2D eigenvalue weighted by Gasteiger charge is -2.15. The van der Waals surface area contributed by atoms with Crippen LogP contribution in [0.1, 0.15) is 28.9 Å². The number of hydrogen-bond acceptors (Lipinski definition) is 5. The van der Waals surface area contributed by atoms with Crippen LogP contribution in [0.4, 0.5) is 0 Å². The van der Waals surface area contributed by atoms with E-state index < -0.39 is 31.9 Å². The molecule has 25 heavy (non-hydrogen) atoms. The standard InChI is InChI=1S/C16H17NO6S2/c1-11(12-3-7-14(8-4-12)24(2,20)21)17-25(22,23)15-9-5-13(6-10-15)16(18)19/h3-11,17H,1-2H3,(H,18,19). The van der Waals surface area contributed by atoms with Crippen LogP contribution in [-0.2, 0) is 19.9 Å². The van der Waals surface area contributed by atoms with Crippen molar-refractivity contribution in [3.8, 4) is 0 Å². The number of hydrogen-bond donors (Lipinski definition) is 2. The van der Waals surface area contributed by atoms with E-state index in [1.807, 2.05) is 0 Å². The summed E-state index contributed by atoms with van der Waals surface area (Å²) in [5.41, 5.74) is 0.585. The average molecular weight is 383 g/mol. The molecule has 0 aliphatic rings. The van der Waals surface area contributed by atoms with E-state index in [9.17, 15) is 21.6 Å². The van der Waals surface area contributed by atoms with Gasteiger partial charge in [0.2, 0.25) is 10.0 Å². The summed E-state index contributed by atoms with van der Waals surface area (Å²) in [6.07, 6.45) is 1.09. The van der Waals surface area contributed by atoms with Gasteiger partial charge in [0.15, 0.2) is 9.84 Å². The van der Waals surface area contributed by atoms with Crippen molar-refractivity contribution in [1.82, 2.24) is 4.72 Å². The van der Waals surface area contributed by atoms with Gasteiger partial charge in [-0.25, -0.2) is 26.4 Å². The van der Waals surface area contributed by atoms with Crippen molar-refractivity contribution >= 4 is 25.8 Å². The summed E-state index contributed by atoms with van der Waals surface area (Å²) >= 11 is 0. The van der Waals surface area contributed by atoms with Crippen LogP contribution < -0.4 is 4.72 Å². The van der Waals surface area contributed by atoms with E-state index in [-0.39, 0.29) is 15.4 Å². The smallest absolute Gasteiger partial charge is 0.335 e. The Morgan fingerprint density at radius 3 is 1.84 bits per heavy atom. The fraction of sp³-hybridized carbons (Fsp3) is 0.188. The molecule has 0 aliphatic heterocycles. The number of carboxylic acid groups (broad SMARTS) is 1. The normalized spacial score (nSPS) is 13.4. The molecular weight excluding hydrogens is 366 g/mol. The van der Waals surface area contributed by atoms with Crippen LogP contribution in [0.2, 0.25) is 0 Å². The minimum atomic E-state index is -3.85. The van der Waals surface area contributed by atoms with Gasteiger partial charge in [-0.05, 0) is 48.9 Å². The Hall–Kier alpha value is -2.23.